The number of hydrogen-bond acceptors (Lipinski definition) is 2. The van der Waals surface area contributed by atoms with Gasteiger partial charge in [-0.3, -0.25) is 0 Å². The topological polar surface area (TPSA) is 48.1 Å². The van der Waals surface area contributed by atoms with Crippen molar-refractivity contribution in [2.24, 2.45) is 5.92 Å². The van der Waals surface area contributed by atoms with Gasteiger partial charge in [0.05, 0.1) is 0 Å². The minimum atomic E-state index is 0.366. The smallest absolute Gasteiger partial charge is 0.171 e. The lowest BCUT2D eigenvalue weighted by Crippen LogP contribution is -2.44. The summed E-state index contributed by atoms with van der Waals surface area (Å²) in [4.78, 5) is 0. The molecular weight excluding hydrogens is 360 g/mol. The molecule has 0 spiro atoms. The summed E-state index contributed by atoms with van der Waals surface area (Å²) in [5, 5.41) is 14.6. The largest absolute Gasteiger partial charge is 0.362 e. The Kier molecular flexibility index (Phi) is 6.80. The Morgan fingerprint density at radius 2 is 1.38 bits per heavy atom. The molecule has 2 atom stereocenters. The lowest BCUT2D eigenvalue weighted by Gasteiger charge is -2.24. The van der Waals surface area contributed by atoms with Crippen LogP contribution in [0, 0.1) is 5.92 Å². The van der Waals surface area contributed by atoms with Crippen molar-refractivity contribution in [3.8, 4) is 0 Å². The molecule has 4 nitrogen and oxygen atoms in total. The zero-order chi connectivity index (χ0) is 18.2. The molecule has 2 aromatic carbocycles. The van der Waals surface area contributed by atoms with Crippen LogP contribution in [-0.4, -0.2) is 22.8 Å². The SMILES string of the molecule is S=C(NCC1CCCC1NC(=S)Nc1ccccc1)Nc1ccccc1. The Hall–Kier alpha value is -2.18. The van der Waals surface area contributed by atoms with Gasteiger partial charge in [-0.2, -0.15) is 0 Å². The second-order valence-electron chi connectivity index (χ2n) is 6.46. The van der Waals surface area contributed by atoms with Gasteiger partial charge in [0.15, 0.2) is 10.2 Å². The van der Waals surface area contributed by atoms with E-state index in [1.54, 1.807) is 0 Å². The fourth-order valence-electron chi connectivity index (χ4n) is 3.25. The highest BCUT2D eigenvalue weighted by Gasteiger charge is 2.27. The van der Waals surface area contributed by atoms with Crippen molar-refractivity contribution in [1.82, 2.24) is 10.6 Å². The first-order chi connectivity index (χ1) is 12.7. The Morgan fingerprint density at radius 1 is 0.808 bits per heavy atom. The maximum atomic E-state index is 5.47. The standard InChI is InChI=1S/C20H24N4S2/c25-19(22-16-9-3-1-4-10-16)21-14-15-8-7-13-18(15)24-20(26)23-17-11-5-2-6-12-17/h1-6,9-12,15,18H,7-8,13-14H2,(H2,21,22,25)(H2,23,24,26). The van der Waals surface area contributed by atoms with Crippen LogP contribution in [0.25, 0.3) is 0 Å². The number of benzene rings is 2. The van der Waals surface area contributed by atoms with E-state index >= 15 is 0 Å². The van der Waals surface area contributed by atoms with Crippen molar-refractivity contribution >= 4 is 46.0 Å². The van der Waals surface area contributed by atoms with Crippen molar-refractivity contribution in [1.29, 1.82) is 0 Å². The summed E-state index contributed by atoms with van der Waals surface area (Å²) in [5.74, 6) is 0.501. The minimum Gasteiger partial charge on any atom is -0.362 e. The number of anilines is 2. The molecule has 2 unspecified atom stereocenters. The molecule has 1 aliphatic carbocycles. The van der Waals surface area contributed by atoms with Crippen LogP contribution >= 0.6 is 24.4 Å². The number of nitrogens with one attached hydrogen (secondary N) is 4. The highest BCUT2D eigenvalue weighted by molar-refractivity contribution is 7.80. The molecule has 0 bridgehead atoms. The van der Waals surface area contributed by atoms with Gasteiger partial charge in [-0.05, 0) is 67.5 Å². The molecule has 1 saturated carbocycles. The quantitative estimate of drug-likeness (QED) is 0.582. The fourth-order valence-corrected chi connectivity index (χ4v) is 3.72. The number of rotatable bonds is 5. The summed E-state index contributed by atoms with van der Waals surface area (Å²) in [5.41, 5.74) is 2.00. The van der Waals surface area contributed by atoms with Gasteiger partial charge < -0.3 is 21.3 Å². The molecule has 1 aliphatic rings. The van der Waals surface area contributed by atoms with E-state index in [1.807, 2.05) is 60.7 Å². The molecule has 6 heteroatoms. The Labute approximate surface area is 165 Å². The maximum absolute atomic E-state index is 5.47. The van der Waals surface area contributed by atoms with E-state index in [1.165, 1.54) is 12.8 Å². The Bertz CT molecular complexity index is 721. The van der Waals surface area contributed by atoms with Crippen LogP contribution in [-0.2, 0) is 0 Å². The normalized spacial score (nSPS) is 18.8. The van der Waals surface area contributed by atoms with Crippen LogP contribution in [0.2, 0.25) is 0 Å². The molecule has 0 amide bonds. The molecule has 3 rings (SSSR count). The first-order valence-electron chi connectivity index (χ1n) is 8.93. The summed E-state index contributed by atoms with van der Waals surface area (Å²) in [7, 11) is 0. The van der Waals surface area contributed by atoms with E-state index in [0.717, 1.165) is 24.3 Å². The van der Waals surface area contributed by atoms with Crippen molar-refractivity contribution in [3.05, 3.63) is 60.7 Å². The van der Waals surface area contributed by atoms with Crippen LogP contribution in [0.15, 0.2) is 60.7 Å². The molecule has 0 aromatic heterocycles. The molecule has 0 saturated heterocycles. The van der Waals surface area contributed by atoms with Gasteiger partial charge in [-0.1, -0.05) is 42.8 Å². The Balaban J connectivity index is 1.44. The lowest BCUT2D eigenvalue weighted by molar-refractivity contribution is 0.445. The van der Waals surface area contributed by atoms with Gasteiger partial charge in [0.25, 0.3) is 0 Å². The number of para-hydroxylation sites is 2. The third-order valence-electron chi connectivity index (χ3n) is 4.56. The summed E-state index contributed by atoms with van der Waals surface area (Å²) in [6.45, 7) is 0.838. The van der Waals surface area contributed by atoms with Gasteiger partial charge in [0.1, 0.15) is 0 Å². The average molecular weight is 385 g/mol. The molecular formula is C20H24N4S2. The molecule has 136 valence electrons. The van der Waals surface area contributed by atoms with E-state index in [4.69, 9.17) is 24.4 Å². The van der Waals surface area contributed by atoms with E-state index in [-0.39, 0.29) is 0 Å². The summed E-state index contributed by atoms with van der Waals surface area (Å²) in [6.07, 6.45) is 3.51. The van der Waals surface area contributed by atoms with E-state index in [2.05, 4.69) is 21.3 Å². The molecule has 0 radical (unpaired) electrons. The zero-order valence-electron chi connectivity index (χ0n) is 14.6. The van der Waals surface area contributed by atoms with E-state index in [0.29, 0.717) is 22.2 Å². The van der Waals surface area contributed by atoms with Crippen LogP contribution < -0.4 is 21.3 Å². The average Bonchev–Trinajstić information content (AvgIpc) is 3.08. The van der Waals surface area contributed by atoms with E-state index in [9.17, 15) is 0 Å². The third-order valence-corrected chi connectivity index (χ3v) is 5.03. The molecule has 0 aliphatic heterocycles. The number of thiocarbonyl (C=S) groups is 2. The molecule has 4 N–H and O–H groups in total. The van der Waals surface area contributed by atoms with Crippen LogP contribution in [0.1, 0.15) is 19.3 Å². The summed E-state index contributed by atoms with van der Waals surface area (Å²) >= 11 is 10.9. The highest BCUT2D eigenvalue weighted by atomic mass is 32.1. The molecule has 0 heterocycles. The second-order valence-corrected chi connectivity index (χ2v) is 7.28. The fraction of sp³-hybridized carbons (Fsp3) is 0.300. The third kappa shape index (κ3) is 5.68. The van der Waals surface area contributed by atoms with Crippen molar-refractivity contribution in [2.75, 3.05) is 17.2 Å². The molecule has 26 heavy (non-hydrogen) atoms. The number of hydrogen-bond donors (Lipinski definition) is 4. The van der Waals surface area contributed by atoms with Gasteiger partial charge in [-0.25, -0.2) is 0 Å². The van der Waals surface area contributed by atoms with Gasteiger partial charge >= 0.3 is 0 Å². The zero-order valence-corrected chi connectivity index (χ0v) is 16.2. The van der Waals surface area contributed by atoms with E-state index < -0.39 is 0 Å². The monoisotopic (exact) mass is 384 g/mol. The summed E-state index contributed by atoms with van der Waals surface area (Å²) < 4.78 is 0. The Morgan fingerprint density at radius 3 is 2.00 bits per heavy atom. The second kappa shape index (κ2) is 9.50. The first kappa shape index (κ1) is 18.6. The minimum absolute atomic E-state index is 0.366. The first-order valence-corrected chi connectivity index (χ1v) is 9.75. The maximum Gasteiger partial charge on any atom is 0.171 e. The molecule has 2 aromatic rings. The predicted octanol–water partition coefficient (Wildman–Crippen LogP) is 4.13. The summed E-state index contributed by atoms with van der Waals surface area (Å²) in [6, 6.07) is 20.3. The van der Waals surface area contributed by atoms with Crippen LogP contribution in [0.5, 0.6) is 0 Å². The van der Waals surface area contributed by atoms with Crippen LogP contribution in [0.3, 0.4) is 0 Å². The highest BCUT2D eigenvalue weighted by Crippen LogP contribution is 2.25. The van der Waals surface area contributed by atoms with Gasteiger partial charge in [0.2, 0.25) is 0 Å². The predicted molar refractivity (Wildman–Crippen MR) is 118 cm³/mol. The van der Waals surface area contributed by atoms with Crippen LogP contribution in [0.4, 0.5) is 11.4 Å². The lowest BCUT2D eigenvalue weighted by atomic mass is 10.0. The van der Waals surface area contributed by atoms with Gasteiger partial charge in [0, 0.05) is 24.0 Å². The van der Waals surface area contributed by atoms with Crippen molar-refractivity contribution in [2.45, 2.75) is 25.3 Å². The van der Waals surface area contributed by atoms with Crippen molar-refractivity contribution < 1.29 is 0 Å². The van der Waals surface area contributed by atoms with Gasteiger partial charge in [-0.15, -0.1) is 0 Å². The van der Waals surface area contributed by atoms with Crippen molar-refractivity contribution in [3.63, 3.8) is 0 Å². The molecule has 1 fully saturated rings.